The third-order valence-electron chi connectivity index (χ3n) is 3.20. The second-order valence-electron chi connectivity index (χ2n) is 5.31. The quantitative estimate of drug-likeness (QED) is 0.877. The first-order valence-electron chi connectivity index (χ1n) is 6.20. The SMILES string of the molecule is CC(O)C(=O)NCC(C)(C)c1ccc2ncoc2c1. The van der Waals surface area contributed by atoms with Crippen molar-refractivity contribution in [2.45, 2.75) is 32.3 Å². The minimum absolute atomic E-state index is 0.258. The normalized spacial score (nSPS) is 13.5. The number of carbonyl (C=O) groups is 1. The van der Waals surface area contributed by atoms with Crippen LogP contribution in [0.3, 0.4) is 0 Å². The van der Waals surface area contributed by atoms with E-state index in [1.165, 1.54) is 13.3 Å². The van der Waals surface area contributed by atoms with E-state index in [0.29, 0.717) is 6.54 Å². The Hall–Kier alpha value is -1.88. The summed E-state index contributed by atoms with van der Waals surface area (Å²) in [5.74, 6) is -0.367. The number of aliphatic hydroxyl groups is 1. The van der Waals surface area contributed by atoms with Gasteiger partial charge in [0, 0.05) is 12.0 Å². The van der Waals surface area contributed by atoms with Gasteiger partial charge in [-0.15, -0.1) is 0 Å². The minimum Gasteiger partial charge on any atom is -0.443 e. The molecule has 0 bridgehead atoms. The molecule has 5 heteroatoms. The lowest BCUT2D eigenvalue weighted by molar-refractivity contribution is -0.128. The van der Waals surface area contributed by atoms with Crippen LogP contribution in [0.4, 0.5) is 0 Å². The van der Waals surface area contributed by atoms with Crippen LogP contribution < -0.4 is 5.32 Å². The third-order valence-corrected chi connectivity index (χ3v) is 3.20. The summed E-state index contributed by atoms with van der Waals surface area (Å²) in [4.78, 5) is 15.5. The molecule has 2 N–H and O–H groups in total. The summed E-state index contributed by atoms with van der Waals surface area (Å²) in [5.41, 5.74) is 2.33. The van der Waals surface area contributed by atoms with Crippen LogP contribution >= 0.6 is 0 Å². The number of aliphatic hydroxyl groups excluding tert-OH is 1. The molecule has 19 heavy (non-hydrogen) atoms. The molecule has 0 radical (unpaired) electrons. The van der Waals surface area contributed by atoms with E-state index in [-0.39, 0.29) is 11.3 Å². The van der Waals surface area contributed by atoms with Gasteiger partial charge in [0.25, 0.3) is 0 Å². The molecular weight excluding hydrogens is 244 g/mol. The van der Waals surface area contributed by atoms with Crippen molar-refractivity contribution in [1.82, 2.24) is 10.3 Å². The van der Waals surface area contributed by atoms with E-state index in [1.807, 2.05) is 32.0 Å². The number of amides is 1. The maximum atomic E-state index is 11.4. The average Bonchev–Trinajstić information content (AvgIpc) is 2.82. The molecule has 0 aliphatic carbocycles. The van der Waals surface area contributed by atoms with Crippen LogP contribution in [0.1, 0.15) is 26.3 Å². The number of aromatic nitrogens is 1. The van der Waals surface area contributed by atoms with Gasteiger partial charge in [0.05, 0.1) is 0 Å². The molecule has 0 saturated carbocycles. The Morgan fingerprint density at radius 2 is 2.26 bits per heavy atom. The number of rotatable bonds is 4. The standard InChI is InChI=1S/C14H18N2O3/c1-9(17)13(18)15-7-14(2,3)10-4-5-11-12(6-10)19-8-16-11/h4-6,8-9,17H,7H2,1-3H3,(H,15,18). The zero-order chi connectivity index (χ0) is 14.0. The molecule has 1 unspecified atom stereocenters. The fraction of sp³-hybridized carbons (Fsp3) is 0.429. The molecule has 0 spiro atoms. The van der Waals surface area contributed by atoms with Crippen molar-refractivity contribution in [3.63, 3.8) is 0 Å². The molecule has 0 saturated heterocycles. The van der Waals surface area contributed by atoms with Gasteiger partial charge in [-0.2, -0.15) is 0 Å². The number of hydrogen-bond acceptors (Lipinski definition) is 4. The summed E-state index contributed by atoms with van der Waals surface area (Å²) in [5, 5.41) is 11.9. The first-order chi connectivity index (χ1) is 8.90. The van der Waals surface area contributed by atoms with Crippen molar-refractivity contribution in [3.8, 4) is 0 Å². The highest BCUT2D eigenvalue weighted by Gasteiger charge is 2.23. The lowest BCUT2D eigenvalue weighted by Gasteiger charge is -2.25. The van der Waals surface area contributed by atoms with Gasteiger partial charge < -0.3 is 14.8 Å². The lowest BCUT2D eigenvalue weighted by Crippen LogP contribution is -2.40. The molecule has 1 aromatic carbocycles. The lowest BCUT2D eigenvalue weighted by atomic mass is 9.84. The van der Waals surface area contributed by atoms with Gasteiger partial charge in [-0.3, -0.25) is 4.79 Å². The first-order valence-corrected chi connectivity index (χ1v) is 6.20. The number of nitrogens with one attached hydrogen (secondary N) is 1. The number of hydrogen-bond donors (Lipinski definition) is 2. The highest BCUT2D eigenvalue weighted by atomic mass is 16.3. The number of fused-ring (bicyclic) bond motifs is 1. The van der Waals surface area contributed by atoms with Crippen molar-refractivity contribution in [2.24, 2.45) is 0 Å². The molecule has 1 aromatic heterocycles. The van der Waals surface area contributed by atoms with E-state index in [1.54, 1.807) is 0 Å². The molecular formula is C14H18N2O3. The molecule has 0 aliphatic rings. The largest absolute Gasteiger partial charge is 0.443 e. The van der Waals surface area contributed by atoms with Gasteiger partial charge in [0.15, 0.2) is 12.0 Å². The van der Waals surface area contributed by atoms with Crippen LogP contribution in [0.25, 0.3) is 11.1 Å². The molecule has 1 amide bonds. The summed E-state index contributed by atoms with van der Waals surface area (Å²) >= 11 is 0. The zero-order valence-electron chi connectivity index (χ0n) is 11.3. The zero-order valence-corrected chi connectivity index (χ0v) is 11.3. The molecule has 2 aromatic rings. The Kier molecular flexibility index (Phi) is 3.57. The van der Waals surface area contributed by atoms with E-state index >= 15 is 0 Å². The highest BCUT2D eigenvalue weighted by Crippen LogP contribution is 2.25. The number of carbonyl (C=O) groups excluding carboxylic acids is 1. The van der Waals surface area contributed by atoms with Crippen molar-refractivity contribution in [2.75, 3.05) is 6.54 Å². The molecule has 1 atom stereocenters. The summed E-state index contributed by atoms with van der Waals surface area (Å²) in [6.45, 7) is 5.93. The summed E-state index contributed by atoms with van der Waals surface area (Å²) in [6, 6.07) is 5.79. The van der Waals surface area contributed by atoms with Crippen molar-refractivity contribution in [1.29, 1.82) is 0 Å². The molecule has 2 rings (SSSR count). The Bertz CT molecular complexity index is 587. The van der Waals surface area contributed by atoms with Crippen LogP contribution in [-0.2, 0) is 10.2 Å². The average molecular weight is 262 g/mol. The number of benzene rings is 1. The van der Waals surface area contributed by atoms with Gasteiger partial charge in [-0.05, 0) is 24.6 Å². The van der Waals surface area contributed by atoms with E-state index in [9.17, 15) is 4.79 Å². The monoisotopic (exact) mass is 262 g/mol. The van der Waals surface area contributed by atoms with Gasteiger partial charge in [-0.1, -0.05) is 19.9 Å². The van der Waals surface area contributed by atoms with E-state index in [0.717, 1.165) is 16.7 Å². The van der Waals surface area contributed by atoms with Gasteiger partial charge in [0.1, 0.15) is 11.6 Å². The Labute approximate surface area is 111 Å². The van der Waals surface area contributed by atoms with Gasteiger partial charge >= 0.3 is 0 Å². The van der Waals surface area contributed by atoms with Crippen molar-refractivity contribution in [3.05, 3.63) is 30.2 Å². The number of oxazole rings is 1. The minimum atomic E-state index is -0.993. The predicted molar refractivity (Wildman–Crippen MR) is 71.7 cm³/mol. The molecule has 1 heterocycles. The summed E-state index contributed by atoms with van der Waals surface area (Å²) < 4.78 is 5.28. The molecule has 5 nitrogen and oxygen atoms in total. The molecule has 0 fully saturated rings. The van der Waals surface area contributed by atoms with E-state index in [4.69, 9.17) is 9.52 Å². The Balaban J connectivity index is 2.15. The predicted octanol–water partition coefficient (Wildman–Crippen LogP) is 1.60. The molecule has 102 valence electrons. The Morgan fingerprint density at radius 1 is 1.53 bits per heavy atom. The molecule has 0 aliphatic heterocycles. The second kappa shape index (κ2) is 5.01. The summed E-state index contributed by atoms with van der Waals surface area (Å²) in [6.07, 6.45) is 0.420. The van der Waals surface area contributed by atoms with Crippen LogP contribution in [0.2, 0.25) is 0 Å². The van der Waals surface area contributed by atoms with Crippen LogP contribution in [0.5, 0.6) is 0 Å². The smallest absolute Gasteiger partial charge is 0.248 e. The maximum absolute atomic E-state index is 11.4. The van der Waals surface area contributed by atoms with Crippen molar-refractivity contribution < 1.29 is 14.3 Å². The van der Waals surface area contributed by atoms with E-state index in [2.05, 4.69) is 10.3 Å². The van der Waals surface area contributed by atoms with Gasteiger partial charge in [-0.25, -0.2) is 4.98 Å². The number of nitrogens with zero attached hydrogens (tertiary/aromatic N) is 1. The van der Waals surface area contributed by atoms with Gasteiger partial charge in [0.2, 0.25) is 5.91 Å². The van der Waals surface area contributed by atoms with E-state index < -0.39 is 6.10 Å². The Morgan fingerprint density at radius 3 is 2.95 bits per heavy atom. The van der Waals surface area contributed by atoms with Crippen LogP contribution in [0, 0.1) is 0 Å². The maximum Gasteiger partial charge on any atom is 0.248 e. The highest BCUT2D eigenvalue weighted by molar-refractivity contribution is 5.80. The third kappa shape index (κ3) is 2.93. The second-order valence-corrected chi connectivity index (χ2v) is 5.31. The topological polar surface area (TPSA) is 75.4 Å². The van der Waals surface area contributed by atoms with Crippen LogP contribution in [0.15, 0.2) is 29.0 Å². The first kappa shape index (κ1) is 13.5. The van der Waals surface area contributed by atoms with Crippen molar-refractivity contribution >= 4 is 17.0 Å². The fourth-order valence-electron chi connectivity index (χ4n) is 1.83. The summed E-state index contributed by atoms with van der Waals surface area (Å²) in [7, 11) is 0. The fourth-order valence-corrected chi connectivity index (χ4v) is 1.83. The van der Waals surface area contributed by atoms with Crippen LogP contribution in [-0.4, -0.2) is 28.6 Å².